The van der Waals surface area contributed by atoms with E-state index in [1.165, 1.54) is 18.2 Å². The zero-order valence-electron chi connectivity index (χ0n) is 9.84. The quantitative estimate of drug-likeness (QED) is 0.508. The summed E-state index contributed by atoms with van der Waals surface area (Å²) < 4.78 is 27.0. The molecule has 0 fully saturated rings. The Morgan fingerprint density at radius 1 is 1.44 bits per heavy atom. The summed E-state index contributed by atoms with van der Waals surface area (Å²) in [6.45, 7) is 1.85. The highest BCUT2D eigenvalue weighted by Gasteiger charge is 2.11. The van der Waals surface area contributed by atoms with Gasteiger partial charge in [0.1, 0.15) is 6.54 Å². The molecule has 0 bridgehead atoms. The molecule has 0 amide bonds. The molecule has 18 heavy (non-hydrogen) atoms. The lowest BCUT2D eigenvalue weighted by Crippen LogP contribution is -2.18. The molecule has 0 radical (unpaired) electrons. The number of ether oxygens (including phenoxy) is 1. The van der Waals surface area contributed by atoms with Crippen LogP contribution in [0.4, 0.5) is 11.4 Å². The van der Waals surface area contributed by atoms with E-state index in [-0.39, 0.29) is 18.0 Å². The summed E-state index contributed by atoms with van der Waals surface area (Å²) in [5.41, 5.74) is 6.27. The molecular formula is C10H15N3O4S. The number of benzene rings is 1. The van der Waals surface area contributed by atoms with Gasteiger partial charge >= 0.3 is 5.97 Å². The van der Waals surface area contributed by atoms with Crippen LogP contribution in [-0.2, 0) is 19.6 Å². The lowest BCUT2D eigenvalue weighted by molar-refractivity contribution is -0.140. The number of hydrogen-bond donors (Lipinski definition) is 3. The fraction of sp³-hybridized carbons (Fsp3) is 0.300. The van der Waals surface area contributed by atoms with Gasteiger partial charge in [-0.05, 0) is 25.1 Å². The van der Waals surface area contributed by atoms with E-state index < -0.39 is 16.0 Å². The number of hydrogen-bond acceptors (Lipinski definition) is 6. The third-order valence-electron chi connectivity index (χ3n) is 2.08. The smallest absolute Gasteiger partial charge is 0.325 e. The van der Waals surface area contributed by atoms with Gasteiger partial charge in [0, 0.05) is 0 Å². The van der Waals surface area contributed by atoms with Gasteiger partial charge in [-0.1, -0.05) is 0 Å². The van der Waals surface area contributed by atoms with Crippen LogP contribution in [-0.4, -0.2) is 27.5 Å². The van der Waals surface area contributed by atoms with E-state index in [0.717, 1.165) is 0 Å². The van der Waals surface area contributed by atoms with Crippen LogP contribution >= 0.6 is 0 Å². The first-order valence-electron chi connectivity index (χ1n) is 5.16. The van der Waals surface area contributed by atoms with E-state index in [4.69, 9.17) is 15.6 Å². The number of nitrogen functional groups attached to an aromatic ring is 1. The third kappa shape index (κ3) is 3.90. The van der Waals surface area contributed by atoms with Gasteiger partial charge in [0.25, 0.3) is 0 Å². The molecule has 0 unspecified atom stereocenters. The first-order chi connectivity index (χ1) is 8.34. The van der Waals surface area contributed by atoms with Crippen molar-refractivity contribution in [1.29, 1.82) is 0 Å². The van der Waals surface area contributed by atoms with Gasteiger partial charge in [0.2, 0.25) is 10.0 Å². The minimum atomic E-state index is -3.80. The van der Waals surface area contributed by atoms with Gasteiger partial charge in [-0.3, -0.25) is 4.79 Å². The first-order valence-corrected chi connectivity index (χ1v) is 6.71. The Kier molecular flexibility index (Phi) is 4.51. The number of sulfonamides is 1. The van der Waals surface area contributed by atoms with E-state index in [0.29, 0.717) is 11.4 Å². The van der Waals surface area contributed by atoms with Crippen LogP contribution in [0, 0.1) is 0 Å². The van der Waals surface area contributed by atoms with Gasteiger partial charge in [0.15, 0.2) is 0 Å². The van der Waals surface area contributed by atoms with Crippen molar-refractivity contribution in [3.8, 4) is 0 Å². The number of carbonyl (C=O) groups is 1. The first kappa shape index (κ1) is 14.3. The van der Waals surface area contributed by atoms with Crippen LogP contribution in [0.15, 0.2) is 23.1 Å². The number of anilines is 2. The lowest BCUT2D eigenvalue weighted by Gasteiger charge is -2.10. The molecule has 1 aromatic carbocycles. The highest BCUT2D eigenvalue weighted by Crippen LogP contribution is 2.21. The fourth-order valence-corrected chi connectivity index (χ4v) is 1.78. The SMILES string of the molecule is CCOC(=O)CNc1cc(S(N)(=O)=O)ccc1N. The fourth-order valence-electron chi connectivity index (χ4n) is 1.24. The van der Waals surface area contributed by atoms with Gasteiger partial charge in [-0.15, -0.1) is 0 Å². The van der Waals surface area contributed by atoms with Crippen molar-refractivity contribution >= 4 is 27.4 Å². The number of nitrogens with one attached hydrogen (secondary N) is 1. The highest BCUT2D eigenvalue weighted by atomic mass is 32.2. The van der Waals surface area contributed by atoms with Crippen molar-refractivity contribution in [2.24, 2.45) is 5.14 Å². The van der Waals surface area contributed by atoms with E-state index in [2.05, 4.69) is 5.32 Å². The van der Waals surface area contributed by atoms with Crippen molar-refractivity contribution in [3.05, 3.63) is 18.2 Å². The molecule has 5 N–H and O–H groups in total. The molecule has 100 valence electrons. The van der Waals surface area contributed by atoms with Crippen LogP contribution in [0.1, 0.15) is 6.92 Å². The molecule has 0 saturated heterocycles. The van der Waals surface area contributed by atoms with E-state index in [1.807, 2.05) is 0 Å². The summed E-state index contributed by atoms with van der Waals surface area (Å²) in [6, 6.07) is 3.96. The number of carbonyl (C=O) groups excluding carboxylic acids is 1. The monoisotopic (exact) mass is 273 g/mol. The van der Waals surface area contributed by atoms with Crippen LogP contribution in [0.5, 0.6) is 0 Å². The van der Waals surface area contributed by atoms with Crippen molar-refractivity contribution < 1.29 is 17.9 Å². The van der Waals surface area contributed by atoms with Crippen molar-refractivity contribution in [2.45, 2.75) is 11.8 Å². The molecule has 1 rings (SSSR count). The predicted octanol–water partition coefficient (Wildman–Crippen LogP) is -0.109. The summed E-state index contributed by atoms with van der Waals surface area (Å²) in [4.78, 5) is 11.1. The average molecular weight is 273 g/mol. The van der Waals surface area contributed by atoms with Crippen molar-refractivity contribution in [2.75, 3.05) is 24.2 Å². The summed E-state index contributed by atoms with van der Waals surface area (Å²) in [5, 5.41) is 7.68. The summed E-state index contributed by atoms with van der Waals surface area (Å²) in [5.74, 6) is -0.460. The summed E-state index contributed by atoms with van der Waals surface area (Å²) in [7, 11) is -3.80. The average Bonchev–Trinajstić information content (AvgIpc) is 2.26. The topological polar surface area (TPSA) is 125 Å². The number of primary sulfonamides is 1. The Balaban J connectivity index is 2.86. The van der Waals surface area contributed by atoms with Crippen molar-refractivity contribution in [1.82, 2.24) is 0 Å². The van der Waals surface area contributed by atoms with Gasteiger partial charge in [-0.2, -0.15) is 0 Å². The van der Waals surface area contributed by atoms with Crippen LogP contribution in [0.25, 0.3) is 0 Å². The normalized spacial score (nSPS) is 11.0. The van der Waals surface area contributed by atoms with Crippen LogP contribution in [0.3, 0.4) is 0 Å². The second-order valence-electron chi connectivity index (χ2n) is 3.45. The number of esters is 1. The molecule has 8 heteroatoms. The molecule has 0 atom stereocenters. The maximum absolute atomic E-state index is 11.2. The Morgan fingerprint density at radius 3 is 2.67 bits per heavy atom. The van der Waals surface area contributed by atoms with Crippen molar-refractivity contribution in [3.63, 3.8) is 0 Å². The highest BCUT2D eigenvalue weighted by molar-refractivity contribution is 7.89. The maximum atomic E-state index is 11.2. The lowest BCUT2D eigenvalue weighted by atomic mass is 10.2. The predicted molar refractivity (Wildman–Crippen MR) is 67.4 cm³/mol. The molecule has 0 aliphatic heterocycles. The Labute approximate surface area is 105 Å². The maximum Gasteiger partial charge on any atom is 0.325 e. The second-order valence-corrected chi connectivity index (χ2v) is 5.01. The van der Waals surface area contributed by atoms with Gasteiger partial charge < -0.3 is 15.8 Å². The largest absolute Gasteiger partial charge is 0.465 e. The van der Waals surface area contributed by atoms with Gasteiger partial charge in [0.05, 0.1) is 22.9 Å². The number of nitrogens with two attached hydrogens (primary N) is 2. The molecule has 7 nitrogen and oxygen atoms in total. The van der Waals surface area contributed by atoms with Gasteiger partial charge in [-0.25, -0.2) is 13.6 Å². The Morgan fingerprint density at radius 2 is 2.11 bits per heavy atom. The minimum absolute atomic E-state index is 0.0805. The van der Waals surface area contributed by atoms with E-state index >= 15 is 0 Å². The molecule has 0 aliphatic rings. The second kappa shape index (κ2) is 5.69. The molecule has 0 aliphatic carbocycles. The van der Waals surface area contributed by atoms with Crippen LogP contribution < -0.4 is 16.2 Å². The zero-order valence-corrected chi connectivity index (χ0v) is 10.7. The minimum Gasteiger partial charge on any atom is -0.465 e. The molecule has 0 saturated carbocycles. The summed E-state index contributed by atoms with van der Waals surface area (Å²) in [6.07, 6.45) is 0. The molecule has 0 spiro atoms. The zero-order chi connectivity index (χ0) is 13.8. The molecule has 1 aromatic rings. The Bertz CT molecular complexity index is 542. The molecular weight excluding hydrogens is 258 g/mol. The molecule has 0 heterocycles. The molecule has 0 aromatic heterocycles. The number of rotatable bonds is 5. The van der Waals surface area contributed by atoms with E-state index in [1.54, 1.807) is 6.92 Å². The van der Waals surface area contributed by atoms with E-state index in [9.17, 15) is 13.2 Å². The standard InChI is InChI=1S/C10H15N3O4S/c1-2-17-10(14)6-13-9-5-7(18(12,15)16)3-4-8(9)11/h3-5,13H,2,6,11H2,1H3,(H2,12,15,16). The van der Waals surface area contributed by atoms with Crippen LogP contribution in [0.2, 0.25) is 0 Å². The Hall–Kier alpha value is -1.80. The third-order valence-corrected chi connectivity index (χ3v) is 2.99. The summed E-state index contributed by atoms with van der Waals surface area (Å²) >= 11 is 0.